The molecule has 2 heterocycles. The molecule has 2 aliphatic rings. The minimum Gasteiger partial charge on any atom is -0.448 e. The molecule has 2 fully saturated rings. The zero-order valence-corrected chi connectivity index (χ0v) is 8.34. The van der Waals surface area contributed by atoms with Crippen LogP contribution in [0.5, 0.6) is 0 Å². The molecule has 84 valence electrons. The number of hydrogen-bond acceptors (Lipinski definition) is 5. The lowest BCUT2D eigenvalue weighted by atomic mass is 10.4. The van der Waals surface area contributed by atoms with Crippen LogP contribution in [0.1, 0.15) is 6.42 Å². The first-order chi connectivity index (χ1) is 7.16. The number of likely N-dealkylation sites (N-methyl/N-ethyl adjacent to an activating group) is 1. The van der Waals surface area contributed by atoms with Crippen molar-refractivity contribution >= 4 is 12.2 Å². The highest BCUT2D eigenvalue weighted by atomic mass is 16.8. The van der Waals surface area contributed by atoms with Gasteiger partial charge in [-0.3, -0.25) is 0 Å². The number of ether oxygens (including phenoxy) is 2. The molecule has 2 amide bonds. The first-order valence-corrected chi connectivity index (χ1v) is 4.69. The maximum atomic E-state index is 11.2. The molecule has 0 aromatic heterocycles. The molecule has 7 nitrogen and oxygen atoms in total. The highest BCUT2D eigenvalue weighted by Gasteiger charge is 2.33. The van der Waals surface area contributed by atoms with Crippen molar-refractivity contribution in [2.75, 3.05) is 26.7 Å². The molecule has 0 aliphatic carbocycles. The molecule has 0 radical (unpaired) electrons. The number of hydroxylamine groups is 2. The maximum absolute atomic E-state index is 11.2. The number of carbonyl (C=O) groups is 2. The van der Waals surface area contributed by atoms with Gasteiger partial charge in [0.1, 0.15) is 0 Å². The Hall–Kier alpha value is -1.50. The molecule has 1 unspecified atom stereocenters. The fraction of sp³-hybridized carbons (Fsp3) is 0.750. The van der Waals surface area contributed by atoms with Crippen molar-refractivity contribution in [2.45, 2.75) is 12.7 Å². The standard InChI is InChI=1S/C8H12N2O5/c1-9-5-6(14-7(9)11)15-10-3-2-4-13-8(10)12/h6H,2-5H2,1H3. The third kappa shape index (κ3) is 2.12. The molecule has 0 saturated carbocycles. The zero-order valence-electron chi connectivity index (χ0n) is 8.34. The minimum atomic E-state index is -0.729. The number of nitrogens with zero attached hydrogens (tertiary/aromatic N) is 2. The van der Waals surface area contributed by atoms with Crippen molar-refractivity contribution in [1.29, 1.82) is 0 Å². The Morgan fingerprint density at radius 1 is 1.40 bits per heavy atom. The highest BCUT2D eigenvalue weighted by molar-refractivity contribution is 5.69. The number of amides is 2. The van der Waals surface area contributed by atoms with E-state index in [1.165, 1.54) is 4.90 Å². The van der Waals surface area contributed by atoms with Crippen LogP contribution in [0, 0.1) is 0 Å². The fourth-order valence-electron chi connectivity index (χ4n) is 1.36. The van der Waals surface area contributed by atoms with Gasteiger partial charge in [0, 0.05) is 13.5 Å². The van der Waals surface area contributed by atoms with Crippen LogP contribution in [-0.4, -0.2) is 55.2 Å². The van der Waals surface area contributed by atoms with Gasteiger partial charge in [0.25, 0.3) is 0 Å². The van der Waals surface area contributed by atoms with E-state index in [4.69, 9.17) is 14.3 Å². The Kier molecular flexibility index (Phi) is 2.63. The lowest BCUT2D eigenvalue weighted by molar-refractivity contribution is -0.237. The number of cyclic esters (lactones) is 2. The van der Waals surface area contributed by atoms with Crippen molar-refractivity contribution in [1.82, 2.24) is 9.96 Å². The monoisotopic (exact) mass is 216 g/mol. The lowest BCUT2D eigenvalue weighted by Crippen LogP contribution is -2.41. The zero-order chi connectivity index (χ0) is 10.8. The van der Waals surface area contributed by atoms with E-state index < -0.39 is 18.5 Å². The number of rotatable bonds is 2. The highest BCUT2D eigenvalue weighted by Crippen LogP contribution is 2.14. The molecule has 0 aromatic rings. The summed E-state index contributed by atoms with van der Waals surface area (Å²) in [5.41, 5.74) is 0. The first kappa shape index (κ1) is 10.0. The maximum Gasteiger partial charge on any atom is 0.434 e. The van der Waals surface area contributed by atoms with Crippen molar-refractivity contribution in [3.8, 4) is 0 Å². The molecule has 15 heavy (non-hydrogen) atoms. The molecule has 1 atom stereocenters. The van der Waals surface area contributed by atoms with Gasteiger partial charge in [0.2, 0.25) is 6.29 Å². The second-order valence-electron chi connectivity index (χ2n) is 3.37. The van der Waals surface area contributed by atoms with Gasteiger partial charge < -0.3 is 14.4 Å². The molecule has 0 aromatic carbocycles. The summed E-state index contributed by atoms with van der Waals surface area (Å²) < 4.78 is 9.60. The van der Waals surface area contributed by atoms with Crippen molar-refractivity contribution < 1.29 is 23.9 Å². The van der Waals surface area contributed by atoms with Gasteiger partial charge in [-0.15, -0.1) is 0 Å². The summed E-state index contributed by atoms with van der Waals surface area (Å²) in [6.45, 7) is 1.17. The second kappa shape index (κ2) is 3.93. The molecular weight excluding hydrogens is 204 g/mol. The third-order valence-electron chi connectivity index (χ3n) is 2.15. The van der Waals surface area contributed by atoms with Gasteiger partial charge >= 0.3 is 12.2 Å². The predicted octanol–water partition coefficient (Wildman–Crippen LogP) is 0.168. The van der Waals surface area contributed by atoms with E-state index in [1.54, 1.807) is 7.05 Å². The van der Waals surface area contributed by atoms with Crippen LogP contribution >= 0.6 is 0 Å². The van der Waals surface area contributed by atoms with Gasteiger partial charge in [-0.2, -0.15) is 5.06 Å². The first-order valence-electron chi connectivity index (χ1n) is 4.69. The molecule has 0 spiro atoms. The summed E-state index contributed by atoms with van der Waals surface area (Å²) in [5.74, 6) is 0. The Bertz CT molecular complexity index is 282. The van der Waals surface area contributed by atoms with E-state index in [9.17, 15) is 9.59 Å². The second-order valence-corrected chi connectivity index (χ2v) is 3.37. The quantitative estimate of drug-likeness (QED) is 0.658. The van der Waals surface area contributed by atoms with Crippen molar-refractivity contribution in [3.05, 3.63) is 0 Å². The summed E-state index contributed by atoms with van der Waals surface area (Å²) in [6, 6.07) is 0. The molecule has 2 aliphatic heterocycles. The van der Waals surface area contributed by atoms with E-state index in [0.29, 0.717) is 26.1 Å². The topological polar surface area (TPSA) is 68.3 Å². The van der Waals surface area contributed by atoms with Crippen LogP contribution in [0.15, 0.2) is 0 Å². The minimum absolute atomic E-state index is 0.308. The summed E-state index contributed by atoms with van der Waals surface area (Å²) in [7, 11) is 1.60. The largest absolute Gasteiger partial charge is 0.448 e. The molecule has 0 N–H and O–H groups in total. The normalized spacial score (nSPS) is 26.6. The van der Waals surface area contributed by atoms with Crippen LogP contribution in [-0.2, 0) is 14.3 Å². The van der Waals surface area contributed by atoms with Crippen LogP contribution in [0.3, 0.4) is 0 Å². The predicted molar refractivity (Wildman–Crippen MR) is 46.7 cm³/mol. The van der Waals surface area contributed by atoms with E-state index in [2.05, 4.69) is 0 Å². The summed E-state index contributed by atoms with van der Waals surface area (Å²) in [5, 5.41) is 1.08. The molecule has 2 rings (SSSR count). The van der Waals surface area contributed by atoms with Gasteiger partial charge in [-0.1, -0.05) is 0 Å². The van der Waals surface area contributed by atoms with Crippen molar-refractivity contribution in [3.63, 3.8) is 0 Å². The van der Waals surface area contributed by atoms with Gasteiger partial charge in [-0.05, 0) is 0 Å². The number of carbonyl (C=O) groups excluding carboxylic acids is 2. The molecule has 0 bridgehead atoms. The third-order valence-corrected chi connectivity index (χ3v) is 2.15. The fourth-order valence-corrected chi connectivity index (χ4v) is 1.36. The van der Waals surface area contributed by atoms with Crippen LogP contribution < -0.4 is 0 Å². The average molecular weight is 216 g/mol. The van der Waals surface area contributed by atoms with Crippen LogP contribution in [0.25, 0.3) is 0 Å². The molecular formula is C8H12N2O5. The number of hydrogen-bond donors (Lipinski definition) is 0. The smallest absolute Gasteiger partial charge is 0.434 e. The van der Waals surface area contributed by atoms with Crippen molar-refractivity contribution in [2.24, 2.45) is 0 Å². The van der Waals surface area contributed by atoms with E-state index in [1.807, 2.05) is 0 Å². The van der Waals surface area contributed by atoms with E-state index in [0.717, 1.165) is 5.06 Å². The summed E-state index contributed by atoms with van der Waals surface area (Å²) in [4.78, 5) is 28.7. The Balaban J connectivity index is 1.86. The average Bonchev–Trinajstić information content (AvgIpc) is 2.50. The SMILES string of the molecule is CN1CC(ON2CCCOC2=O)OC1=O. The van der Waals surface area contributed by atoms with Crippen LogP contribution in [0.2, 0.25) is 0 Å². The Morgan fingerprint density at radius 2 is 2.20 bits per heavy atom. The Morgan fingerprint density at radius 3 is 2.80 bits per heavy atom. The van der Waals surface area contributed by atoms with Gasteiger partial charge in [0.15, 0.2) is 0 Å². The summed E-state index contributed by atoms with van der Waals surface area (Å²) in [6.07, 6.45) is -1.01. The van der Waals surface area contributed by atoms with E-state index >= 15 is 0 Å². The molecule has 2 saturated heterocycles. The van der Waals surface area contributed by atoms with Gasteiger partial charge in [0.05, 0.1) is 19.7 Å². The lowest BCUT2D eigenvalue weighted by Gasteiger charge is -2.26. The summed E-state index contributed by atoms with van der Waals surface area (Å²) >= 11 is 0. The molecule has 7 heteroatoms. The van der Waals surface area contributed by atoms with Gasteiger partial charge in [-0.25, -0.2) is 14.4 Å². The Labute approximate surface area is 86.4 Å². The van der Waals surface area contributed by atoms with Crippen LogP contribution in [0.4, 0.5) is 9.59 Å². The van der Waals surface area contributed by atoms with E-state index in [-0.39, 0.29) is 0 Å².